The summed E-state index contributed by atoms with van der Waals surface area (Å²) in [6.45, 7) is 3.06. The van der Waals surface area contributed by atoms with Crippen LogP contribution in [0.4, 0.5) is 5.69 Å². The van der Waals surface area contributed by atoms with Crippen molar-refractivity contribution in [3.63, 3.8) is 0 Å². The number of sulfonamides is 1. The number of anilines is 1. The number of halogens is 1. The van der Waals surface area contributed by atoms with Crippen molar-refractivity contribution in [1.29, 1.82) is 0 Å². The summed E-state index contributed by atoms with van der Waals surface area (Å²) in [5.41, 5.74) is 2.36. The summed E-state index contributed by atoms with van der Waals surface area (Å²) in [6, 6.07) is 15.0. The van der Waals surface area contributed by atoms with E-state index >= 15 is 0 Å². The average Bonchev–Trinajstić information content (AvgIpc) is 2.62. The summed E-state index contributed by atoms with van der Waals surface area (Å²) in [4.78, 5) is 14.7. The normalized spacial score (nSPS) is 16.2. The minimum absolute atomic E-state index is 0.156. The Labute approximate surface area is 168 Å². The van der Waals surface area contributed by atoms with E-state index in [1.54, 1.807) is 6.07 Å². The Morgan fingerprint density at radius 3 is 2.44 bits per heavy atom. The maximum absolute atomic E-state index is 12.5. The number of hydrogen-bond donors (Lipinski definition) is 1. The van der Waals surface area contributed by atoms with Crippen LogP contribution in [-0.4, -0.2) is 56.0 Å². The molecule has 1 saturated heterocycles. The minimum Gasteiger partial charge on any atom is -0.322 e. The first-order chi connectivity index (χ1) is 12.8. The molecule has 2 aromatic rings. The molecule has 1 N–H and O–H groups in total. The van der Waals surface area contributed by atoms with Gasteiger partial charge in [0.2, 0.25) is 10.0 Å². The Bertz CT molecular complexity index is 925. The molecule has 0 aromatic heterocycles. The fourth-order valence-electron chi connectivity index (χ4n) is 3.06. The second-order valence-electron chi connectivity index (χ2n) is 6.60. The van der Waals surface area contributed by atoms with Gasteiger partial charge in [0.05, 0.1) is 6.26 Å². The van der Waals surface area contributed by atoms with Crippen LogP contribution in [0.2, 0.25) is 0 Å². The van der Waals surface area contributed by atoms with E-state index in [9.17, 15) is 13.2 Å². The molecule has 0 radical (unpaired) electrons. The third-order valence-electron chi connectivity index (χ3n) is 4.48. The highest BCUT2D eigenvalue weighted by atomic mass is 79.9. The predicted octanol–water partition coefficient (Wildman–Crippen LogP) is 2.78. The highest BCUT2D eigenvalue weighted by Crippen LogP contribution is 2.17. The zero-order valence-electron chi connectivity index (χ0n) is 15.1. The quantitative estimate of drug-likeness (QED) is 0.758. The first-order valence-electron chi connectivity index (χ1n) is 8.64. The first-order valence-corrected chi connectivity index (χ1v) is 11.3. The van der Waals surface area contributed by atoms with E-state index in [1.807, 2.05) is 42.5 Å². The van der Waals surface area contributed by atoms with Gasteiger partial charge in [-0.15, -0.1) is 0 Å². The van der Waals surface area contributed by atoms with Crippen molar-refractivity contribution in [2.75, 3.05) is 37.8 Å². The molecule has 144 valence electrons. The van der Waals surface area contributed by atoms with Crippen molar-refractivity contribution < 1.29 is 13.2 Å². The summed E-state index contributed by atoms with van der Waals surface area (Å²) in [5.74, 6) is -0.156. The average molecular weight is 452 g/mol. The lowest BCUT2D eigenvalue weighted by Crippen LogP contribution is -2.47. The third kappa shape index (κ3) is 5.62. The topological polar surface area (TPSA) is 69.7 Å². The summed E-state index contributed by atoms with van der Waals surface area (Å²) in [6.07, 6.45) is 1.25. The lowest BCUT2D eigenvalue weighted by atomic mass is 10.1. The summed E-state index contributed by atoms with van der Waals surface area (Å²) in [7, 11) is -3.12. The number of nitrogens with one attached hydrogen (secondary N) is 1. The third-order valence-corrected chi connectivity index (χ3v) is 6.27. The van der Waals surface area contributed by atoms with Crippen LogP contribution in [0.1, 0.15) is 15.9 Å². The molecule has 1 aliphatic heterocycles. The number of benzene rings is 2. The molecule has 27 heavy (non-hydrogen) atoms. The van der Waals surface area contributed by atoms with Gasteiger partial charge in [-0.25, -0.2) is 8.42 Å². The highest BCUT2D eigenvalue weighted by Gasteiger charge is 2.23. The fraction of sp³-hybridized carbons (Fsp3) is 0.316. The zero-order chi connectivity index (χ0) is 19.4. The molecule has 2 aromatic carbocycles. The molecule has 0 spiro atoms. The van der Waals surface area contributed by atoms with Crippen molar-refractivity contribution >= 4 is 37.5 Å². The Morgan fingerprint density at radius 2 is 1.78 bits per heavy atom. The number of amides is 1. The molecule has 1 heterocycles. The van der Waals surface area contributed by atoms with Crippen molar-refractivity contribution in [3.05, 3.63) is 64.1 Å². The van der Waals surface area contributed by atoms with Gasteiger partial charge in [-0.3, -0.25) is 9.69 Å². The monoisotopic (exact) mass is 451 g/mol. The second-order valence-corrected chi connectivity index (χ2v) is 9.50. The lowest BCUT2D eigenvalue weighted by Gasteiger charge is -2.33. The van der Waals surface area contributed by atoms with Gasteiger partial charge in [-0.1, -0.05) is 34.1 Å². The van der Waals surface area contributed by atoms with Crippen LogP contribution < -0.4 is 5.32 Å². The molecular formula is C19H22BrN3O3S. The molecule has 0 saturated carbocycles. The van der Waals surface area contributed by atoms with E-state index in [0.717, 1.165) is 15.7 Å². The van der Waals surface area contributed by atoms with Gasteiger partial charge in [0.1, 0.15) is 0 Å². The SMILES string of the molecule is CS(=O)(=O)N1CCN(Cc2cccc(C(=O)Nc3cccc(Br)c3)c2)CC1. The number of hydrogen-bond acceptors (Lipinski definition) is 4. The second kappa shape index (κ2) is 8.52. The van der Waals surface area contributed by atoms with Crippen molar-refractivity contribution in [2.24, 2.45) is 0 Å². The lowest BCUT2D eigenvalue weighted by molar-refractivity contribution is 0.102. The van der Waals surface area contributed by atoms with E-state index in [1.165, 1.54) is 10.6 Å². The van der Waals surface area contributed by atoms with Crippen LogP contribution in [0.15, 0.2) is 53.0 Å². The number of carbonyl (C=O) groups excluding carboxylic acids is 1. The van der Waals surface area contributed by atoms with Gasteiger partial charge in [0, 0.05) is 48.4 Å². The van der Waals surface area contributed by atoms with Crippen LogP contribution in [0.3, 0.4) is 0 Å². The molecule has 1 fully saturated rings. The van der Waals surface area contributed by atoms with Crippen molar-refractivity contribution in [3.8, 4) is 0 Å². The molecule has 6 nitrogen and oxygen atoms in total. The van der Waals surface area contributed by atoms with Crippen LogP contribution in [-0.2, 0) is 16.6 Å². The molecule has 0 bridgehead atoms. The Balaban J connectivity index is 1.61. The molecule has 8 heteroatoms. The van der Waals surface area contributed by atoms with Gasteiger partial charge < -0.3 is 5.32 Å². The van der Waals surface area contributed by atoms with E-state index in [2.05, 4.69) is 26.1 Å². The van der Waals surface area contributed by atoms with Crippen LogP contribution >= 0.6 is 15.9 Å². The molecule has 0 aliphatic carbocycles. The Morgan fingerprint density at radius 1 is 1.07 bits per heavy atom. The Kier molecular flexibility index (Phi) is 6.31. The summed E-state index contributed by atoms with van der Waals surface area (Å²) in [5, 5.41) is 2.90. The molecule has 1 aliphatic rings. The van der Waals surface area contributed by atoms with Gasteiger partial charge in [-0.05, 0) is 35.9 Å². The first kappa shape index (κ1) is 20.0. The van der Waals surface area contributed by atoms with Gasteiger partial charge in [0.15, 0.2) is 0 Å². The van der Waals surface area contributed by atoms with Gasteiger partial charge in [0.25, 0.3) is 5.91 Å². The predicted molar refractivity (Wildman–Crippen MR) is 110 cm³/mol. The standard InChI is InChI=1S/C19H22BrN3O3S/c1-27(25,26)23-10-8-22(9-11-23)14-15-4-2-5-16(12-15)19(24)21-18-7-3-6-17(20)13-18/h2-7,12-13H,8-11,14H2,1H3,(H,21,24). The van der Waals surface area contributed by atoms with E-state index in [4.69, 9.17) is 0 Å². The zero-order valence-corrected chi connectivity index (χ0v) is 17.5. The van der Waals surface area contributed by atoms with Gasteiger partial charge in [-0.2, -0.15) is 4.31 Å². The number of nitrogens with zero attached hydrogens (tertiary/aromatic N) is 2. The fourth-order valence-corrected chi connectivity index (χ4v) is 4.28. The summed E-state index contributed by atoms with van der Waals surface area (Å²) >= 11 is 3.39. The Hall–Kier alpha value is -1.74. The maximum atomic E-state index is 12.5. The maximum Gasteiger partial charge on any atom is 0.255 e. The number of carbonyl (C=O) groups is 1. The van der Waals surface area contributed by atoms with E-state index in [-0.39, 0.29) is 5.91 Å². The number of piperazine rings is 1. The molecule has 3 rings (SSSR count). The van der Waals surface area contributed by atoms with Crippen LogP contribution in [0.5, 0.6) is 0 Å². The summed E-state index contributed by atoms with van der Waals surface area (Å²) < 4.78 is 25.6. The number of rotatable bonds is 5. The molecule has 0 atom stereocenters. The van der Waals surface area contributed by atoms with E-state index < -0.39 is 10.0 Å². The highest BCUT2D eigenvalue weighted by molar-refractivity contribution is 9.10. The van der Waals surface area contributed by atoms with Crippen LogP contribution in [0, 0.1) is 0 Å². The molecule has 0 unspecified atom stereocenters. The molecule has 1 amide bonds. The largest absolute Gasteiger partial charge is 0.322 e. The van der Waals surface area contributed by atoms with Crippen molar-refractivity contribution in [2.45, 2.75) is 6.54 Å². The van der Waals surface area contributed by atoms with Gasteiger partial charge >= 0.3 is 0 Å². The minimum atomic E-state index is -3.12. The smallest absolute Gasteiger partial charge is 0.255 e. The van der Waals surface area contributed by atoms with Crippen LogP contribution in [0.25, 0.3) is 0 Å². The van der Waals surface area contributed by atoms with Crippen molar-refractivity contribution in [1.82, 2.24) is 9.21 Å². The molecular weight excluding hydrogens is 430 g/mol. The van der Waals surface area contributed by atoms with E-state index in [0.29, 0.717) is 38.3 Å².